The van der Waals surface area contributed by atoms with Gasteiger partial charge in [0.25, 0.3) is 0 Å². The maximum Gasteiger partial charge on any atom is 0.117 e. The molecule has 0 aliphatic rings. The van der Waals surface area contributed by atoms with Crippen LogP contribution in [0.1, 0.15) is 29.9 Å². The minimum absolute atomic E-state index is 0.0546. The van der Waals surface area contributed by atoms with Crippen molar-refractivity contribution < 1.29 is 9.52 Å². The molecule has 0 bridgehead atoms. The van der Waals surface area contributed by atoms with Gasteiger partial charge in [0.15, 0.2) is 0 Å². The van der Waals surface area contributed by atoms with E-state index in [2.05, 4.69) is 36.5 Å². The summed E-state index contributed by atoms with van der Waals surface area (Å²) in [4.78, 5) is 0. The Morgan fingerprint density at radius 2 is 2.00 bits per heavy atom. The molecule has 1 unspecified atom stereocenters. The van der Waals surface area contributed by atoms with Crippen LogP contribution in [0.2, 0.25) is 0 Å². The monoisotopic (exact) mass is 245 g/mol. The van der Waals surface area contributed by atoms with Gasteiger partial charge in [-0.2, -0.15) is 0 Å². The van der Waals surface area contributed by atoms with E-state index in [1.807, 2.05) is 12.1 Å². The van der Waals surface area contributed by atoms with Crippen LogP contribution >= 0.6 is 0 Å². The average molecular weight is 245 g/mol. The molecule has 1 heterocycles. The fraction of sp³-hybridized carbons (Fsp3) is 0.333. The Morgan fingerprint density at radius 1 is 1.22 bits per heavy atom. The number of rotatable bonds is 6. The Hall–Kier alpha value is -1.58. The second-order valence-corrected chi connectivity index (χ2v) is 4.29. The molecule has 0 saturated carbocycles. The minimum Gasteiger partial charge on any atom is -0.468 e. The highest BCUT2D eigenvalue weighted by Gasteiger charge is 2.10. The lowest BCUT2D eigenvalue weighted by molar-refractivity contribution is 0.241. The van der Waals surface area contributed by atoms with E-state index >= 15 is 0 Å². The first-order valence-corrected chi connectivity index (χ1v) is 6.29. The summed E-state index contributed by atoms with van der Waals surface area (Å²) in [6.07, 6.45) is 2.69. The van der Waals surface area contributed by atoms with Gasteiger partial charge < -0.3 is 14.8 Å². The second kappa shape index (κ2) is 6.38. The Balaban J connectivity index is 1.98. The van der Waals surface area contributed by atoms with Crippen molar-refractivity contribution in [3.05, 3.63) is 59.5 Å². The highest BCUT2D eigenvalue weighted by molar-refractivity contribution is 5.25. The van der Waals surface area contributed by atoms with E-state index in [0.29, 0.717) is 6.54 Å². The van der Waals surface area contributed by atoms with Gasteiger partial charge in [0.2, 0.25) is 0 Å². The number of hydrogen-bond acceptors (Lipinski definition) is 3. The van der Waals surface area contributed by atoms with Gasteiger partial charge in [-0.3, -0.25) is 0 Å². The van der Waals surface area contributed by atoms with Gasteiger partial charge in [-0.25, -0.2) is 0 Å². The minimum atomic E-state index is -0.0546. The van der Waals surface area contributed by atoms with E-state index in [4.69, 9.17) is 4.42 Å². The Labute approximate surface area is 107 Å². The molecule has 18 heavy (non-hydrogen) atoms. The van der Waals surface area contributed by atoms with Crippen LogP contribution in [0.4, 0.5) is 0 Å². The van der Waals surface area contributed by atoms with Crippen LogP contribution < -0.4 is 5.32 Å². The molecule has 0 fully saturated rings. The lowest BCUT2D eigenvalue weighted by atomic mass is 10.0. The lowest BCUT2D eigenvalue weighted by Gasteiger charge is -2.16. The van der Waals surface area contributed by atoms with Crippen LogP contribution in [0, 0.1) is 0 Å². The summed E-state index contributed by atoms with van der Waals surface area (Å²) in [5.41, 5.74) is 2.41. The summed E-state index contributed by atoms with van der Waals surface area (Å²) in [7, 11) is 0. The van der Waals surface area contributed by atoms with Gasteiger partial charge in [-0.1, -0.05) is 31.2 Å². The average Bonchev–Trinajstić information content (AvgIpc) is 2.93. The van der Waals surface area contributed by atoms with Gasteiger partial charge in [-0.05, 0) is 29.7 Å². The summed E-state index contributed by atoms with van der Waals surface area (Å²) in [6, 6.07) is 12.1. The smallest absolute Gasteiger partial charge is 0.117 e. The topological polar surface area (TPSA) is 45.4 Å². The fourth-order valence-corrected chi connectivity index (χ4v) is 1.91. The molecular weight excluding hydrogens is 226 g/mol. The molecule has 2 aromatic rings. The van der Waals surface area contributed by atoms with Crippen molar-refractivity contribution in [1.82, 2.24) is 5.32 Å². The van der Waals surface area contributed by atoms with Gasteiger partial charge in [0.1, 0.15) is 5.76 Å². The van der Waals surface area contributed by atoms with E-state index in [1.165, 1.54) is 5.56 Å². The van der Waals surface area contributed by atoms with Gasteiger partial charge in [0.05, 0.1) is 25.5 Å². The molecular formula is C15H19NO2. The summed E-state index contributed by atoms with van der Waals surface area (Å²) >= 11 is 0. The summed E-state index contributed by atoms with van der Waals surface area (Å²) in [5, 5.41) is 12.7. The molecule has 2 rings (SSSR count). The highest BCUT2D eigenvalue weighted by Crippen LogP contribution is 2.15. The normalized spacial score (nSPS) is 12.6. The predicted molar refractivity (Wildman–Crippen MR) is 71.2 cm³/mol. The molecule has 3 heteroatoms. The van der Waals surface area contributed by atoms with Crippen molar-refractivity contribution >= 4 is 0 Å². The zero-order chi connectivity index (χ0) is 12.8. The standard InChI is InChI=1S/C15H19NO2/c1-2-12-5-7-13(8-6-12)15(11-17)16-10-14-4-3-9-18-14/h3-9,15-17H,2,10-11H2,1H3. The van der Waals surface area contributed by atoms with Crippen molar-refractivity contribution in [3.63, 3.8) is 0 Å². The third-order valence-electron chi connectivity index (χ3n) is 3.08. The van der Waals surface area contributed by atoms with Crippen molar-refractivity contribution in [1.29, 1.82) is 0 Å². The van der Waals surface area contributed by atoms with Crippen LogP contribution in [0.3, 0.4) is 0 Å². The molecule has 3 nitrogen and oxygen atoms in total. The first-order chi connectivity index (χ1) is 8.83. The molecule has 0 spiro atoms. The Bertz CT molecular complexity index is 448. The maximum absolute atomic E-state index is 9.44. The molecule has 0 amide bonds. The summed E-state index contributed by atoms with van der Waals surface area (Å²) in [5.74, 6) is 0.874. The number of aliphatic hydroxyl groups is 1. The number of nitrogens with one attached hydrogen (secondary N) is 1. The third-order valence-corrected chi connectivity index (χ3v) is 3.08. The zero-order valence-electron chi connectivity index (χ0n) is 10.6. The maximum atomic E-state index is 9.44. The second-order valence-electron chi connectivity index (χ2n) is 4.29. The first kappa shape index (κ1) is 12.9. The lowest BCUT2D eigenvalue weighted by Crippen LogP contribution is -2.23. The largest absolute Gasteiger partial charge is 0.468 e. The Kier molecular flexibility index (Phi) is 4.56. The molecule has 2 N–H and O–H groups in total. The SMILES string of the molecule is CCc1ccc(C(CO)NCc2ccco2)cc1. The van der Waals surface area contributed by atoms with Crippen LogP contribution in [-0.4, -0.2) is 11.7 Å². The third kappa shape index (κ3) is 3.22. The molecule has 0 aliphatic carbocycles. The predicted octanol–water partition coefficient (Wildman–Crippen LogP) is 2.67. The highest BCUT2D eigenvalue weighted by atomic mass is 16.3. The van der Waals surface area contributed by atoms with Crippen LogP contribution in [0.15, 0.2) is 47.1 Å². The molecule has 0 saturated heterocycles. The molecule has 0 radical (unpaired) electrons. The summed E-state index contributed by atoms with van der Waals surface area (Å²) in [6.45, 7) is 2.83. The van der Waals surface area contributed by atoms with E-state index in [0.717, 1.165) is 17.7 Å². The molecule has 96 valence electrons. The van der Waals surface area contributed by atoms with Crippen molar-refractivity contribution in [3.8, 4) is 0 Å². The number of benzene rings is 1. The van der Waals surface area contributed by atoms with E-state index in [-0.39, 0.29) is 12.6 Å². The number of aryl methyl sites for hydroxylation is 1. The molecule has 1 atom stereocenters. The van der Waals surface area contributed by atoms with Gasteiger partial charge in [-0.15, -0.1) is 0 Å². The van der Waals surface area contributed by atoms with Crippen molar-refractivity contribution in [2.45, 2.75) is 25.9 Å². The van der Waals surface area contributed by atoms with Crippen LogP contribution in [-0.2, 0) is 13.0 Å². The molecule has 1 aromatic heterocycles. The molecule has 0 aliphatic heterocycles. The number of furan rings is 1. The van der Waals surface area contributed by atoms with E-state index in [9.17, 15) is 5.11 Å². The fourth-order valence-electron chi connectivity index (χ4n) is 1.91. The van der Waals surface area contributed by atoms with Gasteiger partial charge in [0, 0.05) is 0 Å². The zero-order valence-corrected chi connectivity index (χ0v) is 10.6. The van der Waals surface area contributed by atoms with E-state index in [1.54, 1.807) is 6.26 Å². The van der Waals surface area contributed by atoms with Crippen molar-refractivity contribution in [2.75, 3.05) is 6.61 Å². The quantitative estimate of drug-likeness (QED) is 0.822. The first-order valence-electron chi connectivity index (χ1n) is 6.29. The molecule has 1 aromatic carbocycles. The van der Waals surface area contributed by atoms with E-state index < -0.39 is 0 Å². The Morgan fingerprint density at radius 3 is 2.56 bits per heavy atom. The van der Waals surface area contributed by atoms with Gasteiger partial charge >= 0.3 is 0 Å². The number of aliphatic hydroxyl groups excluding tert-OH is 1. The van der Waals surface area contributed by atoms with Crippen molar-refractivity contribution in [2.24, 2.45) is 0 Å². The van der Waals surface area contributed by atoms with Crippen LogP contribution in [0.5, 0.6) is 0 Å². The van der Waals surface area contributed by atoms with Crippen LogP contribution in [0.25, 0.3) is 0 Å². The summed E-state index contributed by atoms with van der Waals surface area (Å²) < 4.78 is 5.26. The number of hydrogen-bond donors (Lipinski definition) is 2.